The number of alkyl halides is 3. The normalized spacial score (nSPS) is 35.5. The fourth-order valence-corrected chi connectivity index (χ4v) is 5.81. The summed E-state index contributed by atoms with van der Waals surface area (Å²) in [5.74, 6) is 2.19. The van der Waals surface area contributed by atoms with Gasteiger partial charge in [0.25, 0.3) is 5.91 Å². The van der Waals surface area contributed by atoms with Gasteiger partial charge in [-0.25, -0.2) is 0 Å². The van der Waals surface area contributed by atoms with E-state index >= 15 is 0 Å². The zero-order valence-corrected chi connectivity index (χ0v) is 14.8. The minimum Gasteiger partial charge on any atom is -0.376 e. The second-order valence-corrected chi connectivity index (χ2v) is 8.22. The minimum atomic E-state index is -4.39. The van der Waals surface area contributed by atoms with Gasteiger partial charge in [-0.15, -0.1) is 0 Å². The van der Waals surface area contributed by atoms with Gasteiger partial charge in [0.05, 0.1) is 11.2 Å². The molecule has 0 radical (unpaired) electrons. The molecule has 0 heterocycles. The third-order valence-corrected chi connectivity index (χ3v) is 6.90. The van der Waals surface area contributed by atoms with Gasteiger partial charge < -0.3 is 10.1 Å². The van der Waals surface area contributed by atoms with E-state index in [9.17, 15) is 18.0 Å². The maximum absolute atomic E-state index is 12.7. The molecule has 26 heavy (non-hydrogen) atoms. The molecule has 1 N–H and O–H groups in total. The van der Waals surface area contributed by atoms with Crippen LogP contribution in [0.5, 0.6) is 0 Å². The van der Waals surface area contributed by atoms with Crippen molar-refractivity contribution in [2.45, 2.75) is 43.9 Å². The van der Waals surface area contributed by atoms with E-state index in [2.05, 4.69) is 5.32 Å². The lowest BCUT2D eigenvalue weighted by Gasteiger charge is -2.60. The molecule has 3 nitrogen and oxygen atoms in total. The fraction of sp³-hybridized carbons (Fsp3) is 0.650. The molecule has 0 aliphatic heterocycles. The summed E-state index contributed by atoms with van der Waals surface area (Å²) in [7, 11) is 1.73. The highest BCUT2D eigenvalue weighted by Crippen LogP contribution is 2.59. The lowest BCUT2D eigenvalue weighted by molar-refractivity contribution is -0.186. The van der Waals surface area contributed by atoms with Crippen molar-refractivity contribution < 1.29 is 22.7 Å². The van der Waals surface area contributed by atoms with Crippen molar-refractivity contribution in [2.75, 3.05) is 13.7 Å². The molecule has 4 aliphatic rings. The Morgan fingerprint density at radius 2 is 1.62 bits per heavy atom. The molecule has 1 aromatic carbocycles. The van der Waals surface area contributed by atoms with Crippen LogP contribution in [0.15, 0.2) is 24.3 Å². The number of carbonyl (C=O) groups is 1. The number of hydrogen-bond donors (Lipinski definition) is 1. The first-order valence-corrected chi connectivity index (χ1v) is 9.32. The fourth-order valence-electron chi connectivity index (χ4n) is 5.81. The maximum Gasteiger partial charge on any atom is 0.416 e. The second-order valence-electron chi connectivity index (χ2n) is 8.22. The van der Waals surface area contributed by atoms with E-state index in [1.54, 1.807) is 7.11 Å². The number of methoxy groups -OCH3 is 1. The van der Waals surface area contributed by atoms with Crippen LogP contribution < -0.4 is 5.32 Å². The minimum absolute atomic E-state index is 0.244. The molecule has 0 saturated heterocycles. The van der Waals surface area contributed by atoms with E-state index < -0.39 is 11.7 Å². The van der Waals surface area contributed by atoms with Crippen molar-refractivity contribution >= 4 is 5.91 Å². The van der Waals surface area contributed by atoms with E-state index in [1.165, 1.54) is 18.6 Å². The van der Waals surface area contributed by atoms with Crippen LogP contribution in [0, 0.1) is 23.7 Å². The van der Waals surface area contributed by atoms with Gasteiger partial charge in [0.15, 0.2) is 0 Å². The van der Waals surface area contributed by atoms with Gasteiger partial charge in [-0.3, -0.25) is 4.79 Å². The van der Waals surface area contributed by atoms with Gasteiger partial charge in [-0.1, -0.05) is 0 Å². The first-order valence-electron chi connectivity index (χ1n) is 9.32. The third-order valence-electron chi connectivity index (χ3n) is 6.90. The molecule has 6 heteroatoms. The largest absolute Gasteiger partial charge is 0.416 e. The van der Waals surface area contributed by atoms with Crippen LogP contribution in [-0.4, -0.2) is 25.2 Å². The third kappa shape index (κ3) is 2.92. The molecule has 4 aliphatic carbocycles. The summed E-state index contributed by atoms with van der Waals surface area (Å²) in [6.07, 6.45) is 1.60. The van der Waals surface area contributed by atoms with Gasteiger partial charge in [0.2, 0.25) is 0 Å². The molecule has 0 spiro atoms. The van der Waals surface area contributed by atoms with E-state index in [4.69, 9.17) is 4.74 Å². The Kier molecular flexibility index (Phi) is 4.29. The van der Waals surface area contributed by atoms with Crippen molar-refractivity contribution in [3.63, 3.8) is 0 Å². The molecule has 0 aromatic heterocycles. The molecule has 1 amide bonds. The van der Waals surface area contributed by atoms with Crippen molar-refractivity contribution in [1.29, 1.82) is 0 Å². The van der Waals surface area contributed by atoms with Crippen LogP contribution in [0.1, 0.15) is 48.0 Å². The lowest BCUT2D eigenvalue weighted by Crippen LogP contribution is -2.63. The SMILES string of the molecule is COC1(CNC(=O)c2ccc(C(F)(F)F)cc2)C2CC3CC(C2)CC1C3. The first kappa shape index (κ1) is 17.8. The Balaban J connectivity index is 1.45. The van der Waals surface area contributed by atoms with E-state index in [-0.39, 0.29) is 17.1 Å². The molecule has 4 bridgehead atoms. The number of ether oxygens (including phenoxy) is 1. The highest BCUT2D eigenvalue weighted by atomic mass is 19.4. The molecule has 142 valence electrons. The number of amides is 1. The van der Waals surface area contributed by atoms with E-state index in [0.717, 1.165) is 49.7 Å². The highest BCUT2D eigenvalue weighted by molar-refractivity contribution is 5.94. The predicted octanol–water partition coefficient (Wildman–Crippen LogP) is 4.28. The van der Waals surface area contributed by atoms with Gasteiger partial charge in [0, 0.05) is 19.2 Å². The zero-order valence-electron chi connectivity index (χ0n) is 14.8. The molecule has 5 rings (SSSR count). The molecule has 0 atom stereocenters. The van der Waals surface area contributed by atoms with E-state index in [1.807, 2.05) is 0 Å². The topological polar surface area (TPSA) is 38.3 Å². The van der Waals surface area contributed by atoms with Crippen molar-refractivity contribution in [2.24, 2.45) is 23.7 Å². The number of rotatable bonds is 4. The van der Waals surface area contributed by atoms with Crippen LogP contribution in [0.3, 0.4) is 0 Å². The summed E-state index contributed by atoms with van der Waals surface area (Å²) in [6, 6.07) is 4.36. The zero-order chi connectivity index (χ0) is 18.5. The maximum atomic E-state index is 12.7. The van der Waals surface area contributed by atoms with Gasteiger partial charge in [0.1, 0.15) is 0 Å². The standard InChI is InChI=1S/C20H24F3NO2/c1-26-19(16-7-12-6-13(9-16)10-17(19)8-12)11-24-18(25)14-2-4-15(5-3-14)20(21,22)23/h2-5,12-13,16-17H,6-11H2,1H3,(H,24,25). The Morgan fingerprint density at radius 1 is 1.08 bits per heavy atom. The average Bonchev–Trinajstić information content (AvgIpc) is 2.60. The predicted molar refractivity (Wildman–Crippen MR) is 90.6 cm³/mol. The van der Waals surface area contributed by atoms with Crippen molar-refractivity contribution in [1.82, 2.24) is 5.32 Å². The summed E-state index contributed by atoms with van der Waals surface area (Å²) in [4.78, 5) is 12.5. The second kappa shape index (κ2) is 6.25. The number of nitrogens with one attached hydrogen (secondary N) is 1. The average molecular weight is 367 g/mol. The molecule has 4 saturated carbocycles. The van der Waals surface area contributed by atoms with E-state index in [0.29, 0.717) is 18.4 Å². The van der Waals surface area contributed by atoms with Crippen LogP contribution >= 0.6 is 0 Å². The number of halogens is 3. The molecular weight excluding hydrogens is 343 g/mol. The van der Waals surface area contributed by atoms with Gasteiger partial charge >= 0.3 is 6.18 Å². The summed E-state index contributed by atoms with van der Waals surface area (Å²) < 4.78 is 44.0. The summed E-state index contributed by atoms with van der Waals surface area (Å²) in [5.41, 5.74) is -0.828. The Labute approximate surface area is 151 Å². The van der Waals surface area contributed by atoms with Crippen LogP contribution in [0.2, 0.25) is 0 Å². The highest BCUT2D eigenvalue weighted by Gasteiger charge is 2.57. The van der Waals surface area contributed by atoms with Gasteiger partial charge in [-0.2, -0.15) is 13.2 Å². The van der Waals surface area contributed by atoms with Crippen LogP contribution in [0.4, 0.5) is 13.2 Å². The number of carbonyl (C=O) groups excluding carboxylic acids is 1. The summed E-state index contributed by atoms with van der Waals surface area (Å²) in [6.45, 7) is 0.429. The van der Waals surface area contributed by atoms with Crippen LogP contribution in [-0.2, 0) is 10.9 Å². The number of hydrogen-bond acceptors (Lipinski definition) is 2. The Bertz CT molecular complexity index is 655. The number of benzene rings is 1. The van der Waals surface area contributed by atoms with Gasteiger partial charge in [-0.05, 0) is 80.0 Å². The van der Waals surface area contributed by atoms with Crippen LogP contribution in [0.25, 0.3) is 0 Å². The molecule has 1 aromatic rings. The molecule has 0 unspecified atom stereocenters. The van der Waals surface area contributed by atoms with Crippen molar-refractivity contribution in [3.8, 4) is 0 Å². The Morgan fingerprint density at radius 3 is 2.08 bits per heavy atom. The first-order chi connectivity index (χ1) is 12.3. The summed E-state index contributed by atoms with van der Waals surface area (Å²) in [5, 5.41) is 2.93. The summed E-state index contributed by atoms with van der Waals surface area (Å²) >= 11 is 0. The van der Waals surface area contributed by atoms with Crippen molar-refractivity contribution in [3.05, 3.63) is 35.4 Å². The quantitative estimate of drug-likeness (QED) is 0.863. The smallest absolute Gasteiger partial charge is 0.376 e. The molecule has 4 fully saturated rings. The Hall–Kier alpha value is -1.56. The monoisotopic (exact) mass is 367 g/mol. The molecular formula is C20H24F3NO2. The lowest BCUT2D eigenvalue weighted by atomic mass is 9.49.